The Bertz CT molecular complexity index is 297. The van der Waals surface area contributed by atoms with Crippen LogP contribution in [-0.4, -0.2) is 68.4 Å². The Morgan fingerprint density at radius 2 is 2.26 bits per heavy atom. The minimum absolute atomic E-state index is 0.0975. The lowest BCUT2D eigenvalue weighted by molar-refractivity contribution is -0.142. The van der Waals surface area contributed by atoms with E-state index in [0.29, 0.717) is 12.5 Å². The van der Waals surface area contributed by atoms with Gasteiger partial charge in [-0.3, -0.25) is 0 Å². The van der Waals surface area contributed by atoms with Gasteiger partial charge in [0.25, 0.3) is 0 Å². The number of hydrogen-bond acceptors (Lipinski definition) is 4. The number of urea groups is 1. The van der Waals surface area contributed by atoms with Crippen LogP contribution in [0, 0.1) is 5.92 Å². The first-order valence-electron chi connectivity index (χ1n) is 6.60. The third kappa shape index (κ3) is 6.40. The number of nitrogens with one attached hydrogen (secondary N) is 2. The molecule has 1 fully saturated rings. The van der Waals surface area contributed by atoms with Crippen molar-refractivity contribution in [3.63, 3.8) is 0 Å². The second kappa shape index (κ2) is 8.71. The predicted molar refractivity (Wildman–Crippen MR) is 70.1 cm³/mol. The summed E-state index contributed by atoms with van der Waals surface area (Å²) in [4.78, 5) is 23.9. The lowest BCUT2D eigenvalue weighted by Gasteiger charge is -2.32. The fraction of sp³-hybridized carbons (Fsp3) is 0.833. The van der Waals surface area contributed by atoms with E-state index in [1.807, 2.05) is 11.9 Å². The molecule has 1 aliphatic heterocycles. The molecule has 1 aliphatic rings. The number of hydrogen-bond donors (Lipinski definition) is 3. The molecule has 0 aliphatic carbocycles. The van der Waals surface area contributed by atoms with E-state index in [1.54, 1.807) is 0 Å². The number of rotatable bonds is 7. The molecular formula is C12H23N3O4. The second-order valence-electron chi connectivity index (χ2n) is 4.69. The lowest BCUT2D eigenvalue weighted by Crippen LogP contribution is -2.47. The van der Waals surface area contributed by atoms with Crippen LogP contribution in [0.2, 0.25) is 0 Å². The van der Waals surface area contributed by atoms with Crippen LogP contribution in [0.15, 0.2) is 0 Å². The molecular weight excluding hydrogens is 250 g/mol. The Kier molecular flexibility index (Phi) is 7.20. The molecule has 0 aromatic rings. The zero-order chi connectivity index (χ0) is 14.1. The van der Waals surface area contributed by atoms with Gasteiger partial charge in [-0.25, -0.2) is 9.59 Å². The first kappa shape index (κ1) is 15.7. The molecule has 7 heteroatoms. The monoisotopic (exact) mass is 273 g/mol. The van der Waals surface area contributed by atoms with E-state index in [2.05, 4.69) is 10.6 Å². The number of amides is 2. The van der Waals surface area contributed by atoms with Crippen molar-refractivity contribution in [2.24, 2.45) is 5.92 Å². The summed E-state index contributed by atoms with van der Waals surface area (Å²) in [5.74, 6) is -0.495. The van der Waals surface area contributed by atoms with E-state index < -0.39 is 5.97 Å². The standard InChI is InChI=1S/C12H23N3O4/c1-13-7-10-3-2-5-15(8-10)12(18)14-4-6-19-9-11(16)17/h10,13H,2-9H2,1H3,(H,14,18)(H,16,17). The molecule has 0 bridgehead atoms. The van der Waals surface area contributed by atoms with Gasteiger partial charge in [-0.05, 0) is 32.4 Å². The summed E-state index contributed by atoms with van der Waals surface area (Å²) in [7, 11) is 1.92. The van der Waals surface area contributed by atoms with Crippen molar-refractivity contribution in [3.8, 4) is 0 Å². The van der Waals surface area contributed by atoms with Crippen molar-refractivity contribution in [1.29, 1.82) is 0 Å². The van der Waals surface area contributed by atoms with Gasteiger partial charge in [-0.15, -0.1) is 0 Å². The number of carboxylic acid groups (broad SMARTS) is 1. The first-order chi connectivity index (χ1) is 9.13. The SMILES string of the molecule is CNCC1CCCN(C(=O)NCCOCC(=O)O)C1. The molecule has 110 valence electrons. The molecule has 2 amide bonds. The van der Waals surface area contributed by atoms with Gasteiger partial charge in [0, 0.05) is 19.6 Å². The molecule has 0 saturated carbocycles. The lowest BCUT2D eigenvalue weighted by atomic mass is 9.98. The van der Waals surface area contributed by atoms with Gasteiger partial charge < -0.3 is 25.4 Å². The normalized spacial score (nSPS) is 19.2. The summed E-state index contributed by atoms with van der Waals surface area (Å²) < 4.78 is 4.85. The summed E-state index contributed by atoms with van der Waals surface area (Å²) in [6, 6.07) is -0.0975. The summed E-state index contributed by atoms with van der Waals surface area (Å²) in [6.45, 7) is 2.69. The van der Waals surface area contributed by atoms with Crippen molar-refractivity contribution in [2.75, 3.05) is 46.4 Å². The Hall–Kier alpha value is -1.34. The molecule has 0 spiro atoms. The van der Waals surface area contributed by atoms with Gasteiger partial charge in [0.1, 0.15) is 6.61 Å². The Morgan fingerprint density at radius 3 is 2.95 bits per heavy atom. The molecule has 1 atom stereocenters. The maximum atomic E-state index is 11.9. The summed E-state index contributed by atoms with van der Waals surface area (Å²) in [6.07, 6.45) is 2.17. The summed E-state index contributed by atoms with van der Waals surface area (Å²) in [5.41, 5.74) is 0. The number of nitrogens with zero attached hydrogens (tertiary/aromatic N) is 1. The largest absolute Gasteiger partial charge is 0.480 e. The molecule has 0 aromatic heterocycles. The predicted octanol–water partition coefficient (Wildman–Crippen LogP) is -0.271. The van der Waals surface area contributed by atoms with Crippen molar-refractivity contribution >= 4 is 12.0 Å². The third-order valence-corrected chi connectivity index (χ3v) is 3.05. The second-order valence-corrected chi connectivity index (χ2v) is 4.69. The highest BCUT2D eigenvalue weighted by molar-refractivity contribution is 5.74. The third-order valence-electron chi connectivity index (χ3n) is 3.05. The van der Waals surface area contributed by atoms with Crippen LogP contribution in [0.25, 0.3) is 0 Å². The van der Waals surface area contributed by atoms with Crippen LogP contribution in [0.4, 0.5) is 4.79 Å². The molecule has 0 radical (unpaired) electrons. The first-order valence-corrected chi connectivity index (χ1v) is 6.60. The number of likely N-dealkylation sites (tertiary alicyclic amines) is 1. The molecule has 0 aromatic carbocycles. The van der Waals surface area contributed by atoms with Gasteiger partial charge >= 0.3 is 12.0 Å². The van der Waals surface area contributed by atoms with Crippen LogP contribution in [-0.2, 0) is 9.53 Å². The van der Waals surface area contributed by atoms with Gasteiger partial charge in [-0.1, -0.05) is 0 Å². The number of piperidine rings is 1. The van der Waals surface area contributed by atoms with E-state index in [-0.39, 0.29) is 19.2 Å². The maximum absolute atomic E-state index is 11.9. The molecule has 1 saturated heterocycles. The van der Waals surface area contributed by atoms with Crippen LogP contribution in [0.3, 0.4) is 0 Å². The highest BCUT2D eigenvalue weighted by Gasteiger charge is 2.22. The fourth-order valence-corrected chi connectivity index (χ4v) is 2.21. The van der Waals surface area contributed by atoms with E-state index in [0.717, 1.165) is 32.5 Å². The van der Waals surface area contributed by atoms with Crippen LogP contribution >= 0.6 is 0 Å². The van der Waals surface area contributed by atoms with E-state index in [9.17, 15) is 9.59 Å². The van der Waals surface area contributed by atoms with Crippen LogP contribution < -0.4 is 10.6 Å². The van der Waals surface area contributed by atoms with E-state index in [4.69, 9.17) is 9.84 Å². The van der Waals surface area contributed by atoms with Gasteiger partial charge in [0.15, 0.2) is 0 Å². The van der Waals surface area contributed by atoms with E-state index >= 15 is 0 Å². The van der Waals surface area contributed by atoms with Gasteiger partial charge in [0.2, 0.25) is 0 Å². The molecule has 1 rings (SSSR count). The quantitative estimate of drug-likeness (QED) is 0.555. The molecule has 19 heavy (non-hydrogen) atoms. The van der Waals surface area contributed by atoms with E-state index in [1.165, 1.54) is 0 Å². The molecule has 7 nitrogen and oxygen atoms in total. The zero-order valence-electron chi connectivity index (χ0n) is 11.4. The summed E-state index contributed by atoms with van der Waals surface area (Å²) >= 11 is 0. The minimum atomic E-state index is -1.00. The number of carboxylic acids is 1. The number of carbonyl (C=O) groups excluding carboxylic acids is 1. The fourth-order valence-electron chi connectivity index (χ4n) is 2.21. The molecule has 3 N–H and O–H groups in total. The summed E-state index contributed by atoms with van der Waals surface area (Å²) in [5, 5.41) is 14.2. The maximum Gasteiger partial charge on any atom is 0.329 e. The highest BCUT2D eigenvalue weighted by Crippen LogP contribution is 2.15. The van der Waals surface area contributed by atoms with Crippen molar-refractivity contribution < 1.29 is 19.4 Å². The number of ether oxygens (including phenoxy) is 1. The Morgan fingerprint density at radius 1 is 1.47 bits per heavy atom. The highest BCUT2D eigenvalue weighted by atomic mass is 16.5. The van der Waals surface area contributed by atoms with Crippen LogP contribution in [0.1, 0.15) is 12.8 Å². The smallest absolute Gasteiger partial charge is 0.329 e. The number of aliphatic carboxylic acids is 1. The zero-order valence-corrected chi connectivity index (χ0v) is 11.4. The Balaban J connectivity index is 2.16. The van der Waals surface area contributed by atoms with Gasteiger partial charge in [0.05, 0.1) is 6.61 Å². The number of carbonyl (C=O) groups is 2. The van der Waals surface area contributed by atoms with Crippen molar-refractivity contribution in [1.82, 2.24) is 15.5 Å². The van der Waals surface area contributed by atoms with Crippen LogP contribution in [0.5, 0.6) is 0 Å². The average molecular weight is 273 g/mol. The van der Waals surface area contributed by atoms with Gasteiger partial charge in [-0.2, -0.15) is 0 Å². The topological polar surface area (TPSA) is 90.9 Å². The van der Waals surface area contributed by atoms with Crippen molar-refractivity contribution in [2.45, 2.75) is 12.8 Å². The average Bonchev–Trinajstić information content (AvgIpc) is 2.38. The minimum Gasteiger partial charge on any atom is -0.480 e. The molecule has 1 unspecified atom stereocenters. The van der Waals surface area contributed by atoms with Crippen molar-refractivity contribution in [3.05, 3.63) is 0 Å². The Labute approximate surface area is 113 Å². The molecule has 1 heterocycles.